The van der Waals surface area contributed by atoms with E-state index in [-0.39, 0.29) is 6.10 Å². The van der Waals surface area contributed by atoms with Gasteiger partial charge in [-0.15, -0.1) is 11.3 Å². The molecule has 1 aromatic rings. The van der Waals surface area contributed by atoms with Gasteiger partial charge in [-0.3, -0.25) is 0 Å². The molecule has 0 aliphatic carbocycles. The first kappa shape index (κ1) is 14.2. The quantitative estimate of drug-likeness (QED) is 0.809. The van der Waals surface area contributed by atoms with E-state index in [1.54, 1.807) is 11.3 Å². The second kappa shape index (κ2) is 7.43. The molecule has 1 unspecified atom stereocenters. The van der Waals surface area contributed by atoms with Crippen LogP contribution in [0, 0.1) is 5.92 Å². The summed E-state index contributed by atoms with van der Waals surface area (Å²) in [5.74, 6) is 0.416. The highest BCUT2D eigenvalue weighted by molar-refractivity contribution is 9.10. The summed E-state index contributed by atoms with van der Waals surface area (Å²) in [6, 6.07) is 2.05. The lowest BCUT2D eigenvalue weighted by Gasteiger charge is -2.20. The third-order valence-corrected chi connectivity index (χ3v) is 4.85. The first-order valence-corrected chi connectivity index (χ1v) is 7.46. The zero-order valence-electron chi connectivity index (χ0n) is 9.87. The molecule has 16 heavy (non-hydrogen) atoms. The van der Waals surface area contributed by atoms with Gasteiger partial charge in [0.15, 0.2) is 0 Å². The number of aliphatic hydroxyl groups is 1. The third kappa shape index (κ3) is 4.17. The van der Waals surface area contributed by atoms with Gasteiger partial charge in [0.1, 0.15) is 0 Å². The van der Waals surface area contributed by atoms with Crippen molar-refractivity contribution in [1.82, 2.24) is 5.32 Å². The Morgan fingerprint density at radius 2 is 2.12 bits per heavy atom. The fraction of sp³-hybridized carbons (Fsp3) is 0.667. The molecule has 0 bridgehead atoms. The predicted octanol–water partition coefficient (Wildman–Crippen LogP) is 3.40. The van der Waals surface area contributed by atoms with Gasteiger partial charge in [0.2, 0.25) is 0 Å². The molecule has 2 nitrogen and oxygen atoms in total. The maximum Gasteiger partial charge on any atom is 0.0692 e. The van der Waals surface area contributed by atoms with Crippen LogP contribution in [0.15, 0.2) is 15.9 Å². The molecule has 2 N–H and O–H groups in total. The van der Waals surface area contributed by atoms with Crippen LogP contribution < -0.4 is 5.32 Å². The zero-order valence-corrected chi connectivity index (χ0v) is 12.3. The number of hydrogen-bond acceptors (Lipinski definition) is 3. The summed E-state index contributed by atoms with van der Waals surface area (Å²) < 4.78 is 1.15. The van der Waals surface area contributed by atoms with Crippen molar-refractivity contribution in [3.8, 4) is 0 Å². The predicted molar refractivity (Wildman–Crippen MR) is 73.8 cm³/mol. The molecule has 0 aromatic carbocycles. The Kier molecular flexibility index (Phi) is 6.58. The highest BCUT2D eigenvalue weighted by Crippen LogP contribution is 2.22. The number of aliphatic hydroxyl groups excluding tert-OH is 1. The number of nitrogens with one attached hydrogen (secondary N) is 1. The van der Waals surface area contributed by atoms with Gasteiger partial charge in [0, 0.05) is 22.4 Å². The van der Waals surface area contributed by atoms with Crippen LogP contribution in [0.4, 0.5) is 0 Å². The Bertz CT molecular complexity index is 299. The molecular weight excluding hydrogens is 286 g/mol. The van der Waals surface area contributed by atoms with Crippen LogP contribution in [-0.2, 0) is 6.54 Å². The van der Waals surface area contributed by atoms with Crippen molar-refractivity contribution in [1.29, 1.82) is 0 Å². The lowest BCUT2D eigenvalue weighted by atomic mass is 9.97. The Hall–Kier alpha value is 0.100. The molecule has 0 amide bonds. The van der Waals surface area contributed by atoms with Crippen LogP contribution in [-0.4, -0.2) is 17.8 Å². The van der Waals surface area contributed by atoms with Crippen LogP contribution >= 0.6 is 27.3 Å². The third-order valence-electron chi connectivity index (χ3n) is 2.92. The summed E-state index contributed by atoms with van der Waals surface area (Å²) in [7, 11) is 0. The van der Waals surface area contributed by atoms with E-state index in [1.165, 1.54) is 4.88 Å². The maximum absolute atomic E-state index is 9.94. The van der Waals surface area contributed by atoms with Gasteiger partial charge in [0.05, 0.1) is 6.10 Å². The molecule has 1 aromatic heterocycles. The topological polar surface area (TPSA) is 32.3 Å². The van der Waals surface area contributed by atoms with Crippen molar-refractivity contribution < 1.29 is 5.11 Å². The minimum absolute atomic E-state index is 0.228. The molecule has 0 radical (unpaired) electrons. The molecule has 1 rings (SSSR count). The molecule has 0 saturated carbocycles. The van der Waals surface area contributed by atoms with Gasteiger partial charge in [-0.2, -0.15) is 0 Å². The lowest BCUT2D eigenvalue weighted by Crippen LogP contribution is -2.32. The van der Waals surface area contributed by atoms with Crippen LogP contribution in [0.1, 0.15) is 31.6 Å². The first-order valence-electron chi connectivity index (χ1n) is 5.79. The van der Waals surface area contributed by atoms with Gasteiger partial charge in [0.25, 0.3) is 0 Å². The van der Waals surface area contributed by atoms with Gasteiger partial charge >= 0.3 is 0 Å². The number of rotatable bonds is 7. The summed E-state index contributed by atoms with van der Waals surface area (Å²) in [6.45, 7) is 5.77. The molecule has 0 fully saturated rings. The average molecular weight is 306 g/mol. The minimum atomic E-state index is -0.228. The van der Waals surface area contributed by atoms with E-state index in [4.69, 9.17) is 0 Å². The summed E-state index contributed by atoms with van der Waals surface area (Å²) in [5, 5.41) is 15.3. The van der Waals surface area contributed by atoms with E-state index in [0.29, 0.717) is 12.5 Å². The number of halogens is 1. The van der Waals surface area contributed by atoms with Crippen LogP contribution in [0.2, 0.25) is 0 Å². The van der Waals surface area contributed by atoms with Crippen LogP contribution in [0.3, 0.4) is 0 Å². The van der Waals surface area contributed by atoms with Crippen molar-refractivity contribution in [2.45, 2.75) is 39.3 Å². The van der Waals surface area contributed by atoms with Gasteiger partial charge < -0.3 is 10.4 Å². The van der Waals surface area contributed by atoms with Gasteiger partial charge in [-0.1, -0.05) is 26.7 Å². The van der Waals surface area contributed by atoms with Gasteiger partial charge in [-0.25, -0.2) is 0 Å². The standard InChI is InChI=1S/C12H20BrNOS/c1-3-9(4-2)11(15)7-14-8-12-10(13)5-6-16-12/h5-6,9,11,14-15H,3-4,7-8H2,1-2H3. The fourth-order valence-corrected chi connectivity index (χ4v) is 3.25. The van der Waals surface area contributed by atoms with E-state index in [0.717, 1.165) is 23.9 Å². The summed E-state index contributed by atoms with van der Waals surface area (Å²) >= 11 is 5.23. The van der Waals surface area contributed by atoms with Crippen LogP contribution in [0.5, 0.6) is 0 Å². The second-order valence-corrected chi connectivity index (χ2v) is 5.82. The molecule has 0 aliphatic rings. The highest BCUT2D eigenvalue weighted by atomic mass is 79.9. The van der Waals surface area contributed by atoms with Crippen LogP contribution in [0.25, 0.3) is 0 Å². The van der Waals surface area contributed by atoms with E-state index < -0.39 is 0 Å². The summed E-state index contributed by atoms with van der Waals surface area (Å²) in [6.07, 6.45) is 1.86. The largest absolute Gasteiger partial charge is 0.392 e. The maximum atomic E-state index is 9.94. The molecule has 1 heterocycles. The summed E-state index contributed by atoms with van der Waals surface area (Å²) in [4.78, 5) is 1.29. The second-order valence-electron chi connectivity index (χ2n) is 3.97. The average Bonchev–Trinajstić information content (AvgIpc) is 2.66. The fourth-order valence-electron chi connectivity index (χ4n) is 1.78. The van der Waals surface area contributed by atoms with Crippen molar-refractivity contribution in [2.24, 2.45) is 5.92 Å². The highest BCUT2D eigenvalue weighted by Gasteiger charge is 2.14. The molecule has 0 aliphatic heterocycles. The SMILES string of the molecule is CCC(CC)C(O)CNCc1sccc1Br. The van der Waals surface area contributed by atoms with Crippen molar-refractivity contribution >= 4 is 27.3 Å². The summed E-state index contributed by atoms with van der Waals surface area (Å²) in [5.41, 5.74) is 0. The van der Waals surface area contributed by atoms with E-state index >= 15 is 0 Å². The van der Waals surface area contributed by atoms with Crippen molar-refractivity contribution in [3.05, 3.63) is 20.8 Å². The van der Waals surface area contributed by atoms with Gasteiger partial charge in [-0.05, 0) is 33.3 Å². The number of thiophene rings is 1. The Labute approximate surface area is 110 Å². The lowest BCUT2D eigenvalue weighted by molar-refractivity contribution is 0.101. The van der Waals surface area contributed by atoms with Crippen molar-refractivity contribution in [3.63, 3.8) is 0 Å². The molecule has 4 heteroatoms. The Balaban J connectivity index is 2.27. The molecule has 92 valence electrons. The molecule has 0 spiro atoms. The number of hydrogen-bond donors (Lipinski definition) is 2. The smallest absolute Gasteiger partial charge is 0.0692 e. The first-order chi connectivity index (χ1) is 7.69. The minimum Gasteiger partial charge on any atom is -0.392 e. The molecular formula is C12H20BrNOS. The molecule has 0 saturated heterocycles. The van der Waals surface area contributed by atoms with E-state index in [9.17, 15) is 5.11 Å². The molecule has 1 atom stereocenters. The Morgan fingerprint density at radius 3 is 2.62 bits per heavy atom. The van der Waals surface area contributed by atoms with E-state index in [1.807, 2.05) is 0 Å². The zero-order chi connectivity index (χ0) is 12.0. The normalized spacial score (nSPS) is 13.3. The van der Waals surface area contributed by atoms with Crippen molar-refractivity contribution in [2.75, 3.05) is 6.54 Å². The monoisotopic (exact) mass is 305 g/mol. The van der Waals surface area contributed by atoms with E-state index in [2.05, 4.69) is 46.5 Å². The Morgan fingerprint density at radius 1 is 1.44 bits per heavy atom.